The van der Waals surface area contributed by atoms with Crippen LogP contribution in [-0.4, -0.2) is 24.4 Å². The number of nitrogens with zero attached hydrogens (tertiary/aromatic N) is 1. The number of allylic oxidation sites excluding steroid dienone is 1. The number of ether oxygens (including phenoxy) is 1. The molecule has 0 heterocycles. The average molecular weight is 311 g/mol. The van der Waals surface area contributed by atoms with Gasteiger partial charge >= 0.3 is 0 Å². The lowest BCUT2D eigenvalue weighted by atomic mass is 10.2. The van der Waals surface area contributed by atoms with Crippen LogP contribution >= 0.6 is 15.9 Å². The molecule has 0 radical (unpaired) electrons. The van der Waals surface area contributed by atoms with Crippen molar-refractivity contribution in [3.63, 3.8) is 0 Å². The number of alkyl halides is 1. The first-order chi connectivity index (χ1) is 8.71. The molecule has 4 nitrogen and oxygen atoms in total. The van der Waals surface area contributed by atoms with Crippen molar-refractivity contribution in [3.8, 4) is 5.75 Å². The van der Waals surface area contributed by atoms with E-state index in [0.29, 0.717) is 12.1 Å². The summed E-state index contributed by atoms with van der Waals surface area (Å²) in [5.74, 6) is 0.718. The van der Waals surface area contributed by atoms with Gasteiger partial charge in [-0.1, -0.05) is 28.1 Å². The van der Waals surface area contributed by atoms with Gasteiger partial charge in [0.1, 0.15) is 5.75 Å². The highest BCUT2D eigenvalue weighted by Gasteiger charge is 2.03. The monoisotopic (exact) mass is 310 g/mol. The molecule has 0 atom stereocenters. The minimum Gasteiger partial charge on any atom is -0.497 e. The van der Waals surface area contributed by atoms with Crippen molar-refractivity contribution in [2.24, 2.45) is 10.7 Å². The normalized spacial score (nSPS) is 11.8. The molecule has 0 saturated heterocycles. The number of benzene rings is 1. The van der Waals surface area contributed by atoms with Gasteiger partial charge in [-0.25, -0.2) is 0 Å². The summed E-state index contributed by atoms with van der Waals surface area (Å²) >= 11 is 3.09. The van der Waals surface area contributed by atoms with E-state index in [4.69, 9.17) is 10.5 Å². The van der Waals surface area contributed by atoms with Crippen molar-refractivity contribution in [1.29, 1.82) is 0 Å². The Bertz CT molecular complexity index is 453. The summed E-state index contributed by atoms with van der Waals surface area (Å²) in [5, 5.41) is 0.241. The second-order valence-electron chi connectivity index (χ2n) is 3.50. The molecule has 0 aromatic heterocycles. The fourth-order valence-corrected chi connectivity index (χ4v) is 1.59. The summed E-state index contributed by atoms with van der Waals surface area (Å²) in [6.07, 6.45) is 2.76. The van der Waals surface area contributed by atoms with Gasteiger partial charge in [0, 0.05) is 12.4 Å². The number of methoxy groups -OCH3 is 1. The summed E-state index contributed by atoms with van der Waals surface area (Å²) in [6, 6.07) is 7.59. The molecule has 0 aliphatic heterocycles. The maximum Gasteiger partial charge on any atom is 0.176 e. The minimum absolute atomic E-state index is 0.0871. The van der Waals surface area contributed by atoms with Crippen LogP contribution < -0.4 is 10.5 Å². The van der Waals surface area contributed by atoms with E-state index in [2.05, 4.69) is 20.9 Å². The molecule has 1 aromatic rings. The number of carbonyl (C=O) groups excluding carboxylic acids is 1. The van der Waals surface area contributed by atoms with Gasteiger partial charge in [-0.3, -0.25) is 9.79 Å². The maximum absolute atomic E-state index is 11.4. The number of carbonyl (C=O) groups is 1. The molecule has 2 N–H and O–H groups in total. The van der Waals surface area contributed by atoms with E-state index in [1.165, 1.54) is 12.4 Å². The van der Waals surface area contributed by atoms with Crippen LogP contribution in [0.25, 0.3) is 0 Å². The van der Waals surface area contributed by atoms with Gasteiger partial charge < -0.3 is 10.5 Å². The molecule has 0 unspecified atom stereocenters. The Morgan fingerprint density at radius 3 is 2.61 bits per heavy atom. The van der Waals surface area contributed by atoms with Crippen molar-refractivity contribution < 1.29 is 9.53 Å². The van der Waals surface area contributed by atoms with Gasteiger partial charge in [-0.15, -0.1) is 0 Å². The first-order valence-electron chi connectivity index (χ1n) is 5.35. The van der Waals surface area contributed by atoms with Crippen molar-refractivity contribution >= 4 is 27.9 Å². The second-order valence-corrected chi connectivity index (χ2v) is 4.06. The Morgan fingerprint density at radius 2 is 2.11 bits per heavy atom. The highest BCUT2D eigenvalue weighted by atomic mass is 79.9. The highest BCUT2D eigenvalue weighted by Crippen LogP contribution is 2.11. The van der Waals surface area contributed by atoms with Crippen LogP contribution in [0.1, 0.15) is 5.56 Å². The first kappa shape index (κ1) is 14.4. The average Bonchev–Trinajstić information content (AvgIpc) is 2.43. The van der Waals surface area contributed by atoms with Crippen molar-refractivity contribution in [2.45, 2.75) is 6.54 Å². The molecule has 1 aromatic carbocycles. The summed E-state index contributed by atoms with van der Waals surface area (Å²) in [4.78, 5) is 15.5. The summed E-state index contributed by atoms with van der Waals surface area (Å²) in [5.41, 5.74) is 6.80. The third-order valence-electron chi connectivity index (χ3n) is 2.29. The molecular formula is C13H15BrN2O2. The summed E-state index contributed by atoms with van der Waals surface area (Å²) < 4.78 is 5.06. The Morgan fingerprint density at radius 1 is 1.44 bits per heavy atom. The zero-order valence-corrected chi connectivity index (χ0v) is 11.7. The largest absolute Gasteiger partial charge is 0.497 e. The van der Waals surface area contributed by atoms with Crippen LogP contribution in [-0.2, 0) is 11.3 Å². The fourth-order valence-electron chi connectivity index (χ4n) is 1.27. The number of hydrogen-bond donors (Lipinski definition) is 1. The molecule has 0 amide bonds. The van der Waals surface area contributed by atoms with Gasteiger partial charge in [0.05, 0.1) is 24.6 Å². The van der Waals surface area contributed by atoms with E-state index in [-0.39, 0.29) is 11.1 Å². The van der Waals surface area contributed by atoms with Crippen molar-refractivity contribution in [3.05, 3.63) is 41.6 Å². The number of hydrogen-bond acceptors (Lipinski definition) is 4. The van der Waals surface area contributed by atoms with Gasteiger partial charge in [-0.2, -0.15) is 0 Å². The van der Waals surface area contributed by atoms with E-state index in [0.717, 1.165) is 11.3 Å². The van der Waals surface area contributed by atoms with E-state index >= 15 is 0 Å². The van der Waals surface area contributed by atoms with Crippen LogP contribution in [0, 0.1) is 0 Å². The molecule has 0 bridgehead atoms. The number of halogens is 1. The Hall–Kier alpha value is -1.62. The molecule has 0 saturated carbocycles. The minimum atomic E-state index is -0.0871. The SMILES string of the molecule is COc1ccc(CN=CC(=CN)C(=O)CBr)cc1. The third-order valence-corrected chi connectivity index (χ3v) is 2.80. The summed E-state index contributed by atoms with van der Waals surface area (Å²) in [7, 11) is 1.62. The van der Waals surface area contributed by atoms with Gasteiger partial charge in [0.15, 0.2) is 5.78 Å². The lowest BCUT2D eigenvalue weighted by Crippen LogP contribution is -2.07. The predicted molar refractivity (Wildman–Crippen MR) is 76.3 cm³/mol. The number of aliphatic imine (C=N–C) groups is 1. The van der Waals surface area contributed by atoms with Crippen LogP contribution in [0.4, 0.5) is 0 Å². The van der Waals surface area contributed by atoms with E-state index < -0.39 is 0 Å². The summed E-state index contributed by atoms with van der Waals surface area (Å²) in [6.45, 7) is 0.497. The van der Waals surface area contributed by atoms with Gasteiger partial charge in [0.25, 0.3) is 0 Å². The molecule has 0 spiro atoms. The lowest BCUT2D eigenvalue weighted by Gasteiger charge is -2.00. The topological polar surface area (TPSA) is 64.7 Å². The van der Waals surface area contributed by atoms with Crippen molar-refractivity contribution in [1.82, 2.24) is 0 Å². The quantitative estimate of drug-likeness (QED) is 0.497. The molecule has 1 rings (SSSR count). The molecule has 0 aliphatic rings. The second kappa shape index (κ2) is 7.66. The van der Waals surface area contributed by atoms with Gasteiger partial charge in [0.2, 0.25) is 0 Å². The van der Waals surface area contributed by atoms with Crippen LogP contribution in [0.5, 0.6) is 5.75 Å². The van der Waals surface area contributed by atoms with E-state index in [1.807, 2.05) is 24.3 Å². The molecule has 96 valence electrons. The molecule has 0 fully saturated rings. The molecule has 5 heteroatoms. The lowest BCUT2D eigenvalue weighted by molar-refractivity contribution is -0.112. The Balaban J connectivity index is 2.60. The van der Waals surface area contributed by atoms with E-state index in [1.54, 1.807) is 7.11 Å². The zero-order valence-electron chi connectivity index (χ0n) is 10.1. The number of ketones is 1. The predicted octanol–water partition coefficient (Wildman–Crippen LogP) is 2.07. The molecule has 0 aliphatic carbocycles. The Labute approximate surface area is 115 Å². The smallest absolute Gasteiger partial charge is 0.176 e. The van der Waals surface area contributed by atoms with Gasteiger partial charge in [-0.05, 0) is 17.7 Å². The first-order valence-corrected chi connectivity index (χ1v) is 6.47. The third kappa shape index (κ3) is 4.33. The Kier molecular flexibility index (Phi) is 6.14. The highest BCUT2D eigenvalue weighted by molar-refractivity contribution is 9.09. The van der Waals surface area contributed by atoms with Crippen LogP contribution in [0.3, 0.4) is 0 Å². The number of Topliss-reactive ketones (excluding diaryl/α,β-unsaturated/α-hetero) is 1. The fraction of sp³-hybridized carbons (Fsp3) is 0.231. The molecule has 18 heavy (non-hydrogen) atoms. The van der Waals surface area contributed by atoms with E-state index in [9.17, 15) is 4.79 Å². The molecular weight excluding hydrogens is 296 g/mol. The zero-order chi connectivity index (χ0) is 13.4. The number of nitrogens with two attached hydrogens (primary N) is 1. The number of rotatable bonds is 6. The maximum atomic E-state index is 11.4. The van der Waals surface area contributed by atoms with Crippen molar-refractivity contribution in [2.75, 3.05) is 12.4 Å². The van der Waals surface area contributed by atoms with Crippen LogP contribution in [0.15, 0.2) is 41.0 Å². The standard InChI is InChI=1S/C13H15BrN2O2/c1-18-12-4-2-10(3-5-12)8-16-9-11(7-15)13(17)6-14/h2-5,7,9H,6,8,15H2,1H3. The van der Waals surface area contributed by atoms with Crippen LogP contribution in [0.2, 0.25) is 0 Å².